The number of hydrogen-bond acceptors (Lipinski definition) is 3. The van der Waals surface area contributed by atoms with Crippen LogP contribution in [-0.4, -0.2) is 22.1 Å². The van der Waals surface area contributed by atoms with E-state index in [-0.39, 0.29) is 17.6 Å². The average Bonchev–Trinajstić information content (AvgIpc) is 2.86. The van der Waals surface area contributed by atoms with Crippen molar-refractivity contribution in [2.75, 3.05) is 0 Å². The molecule has 1 N–H and O–H groups in total. The van der Waals surface area contributed by atoms with Gasteiger partial charge in [-0.05, 0) is 48.9 Å². The fraction of sp³-hybridized carbons (Fsp3) is 0.381. The third-order valence-electron chi connectivity index (χ3n) is 5.82. The highest BCUT2D eigenvalue weighted by atomic mass is 19.1. The number of aliphatic hydroxyl groups is 1. The van der Waals surface area contributed by atoms with Crippen molar-refractivity contribution >= 4 is 0 Å². The zero-order valence-corrected chi connectivity index (χ0v) is 14.3. The van der Waals surface area contributed by atoms with Crippen LogP contribution in [0.2, 0.25) is 0 Å². The van der Waals surface area contributed by atoms with Crippen LogP contribution in [0, 0.1) is 23.0 Å². The zero-order valence-electron chi connectivity index (χ0n) is 14.3. The molecule has 4 rings (SSSR count). The molecule has 2 aromatic rings. The maximum Gasteiger partial charge on any atom is 0.144 e. The van der Waals surface area contributed by atoms with Gasteiger partial charge < -0.3 is 5.11 Å². The van der Waals surface area contributed by atoms with Crippen LogP contribution in [0.5, 0.6) is 0 Å². The molecule has 2 saturated heterocycles. The van der Waals surface area contributed by atoms with E-state index in [0.717, 1.165) is 31.5 Å². The maximum absolute atomic E-state index is 14.0. The molecule has 0 radical (unpaired) electrons. The lowest BCUT2D eigenvalue weighted by molar-refractivity contribution is -0.0598. The molecular weight excluding hydrogens is 334 g/mol. The smallest absolute Gasteiger partial charge is 0.144 e. The van der Waals surface area contributed by atoms with Crippen molar-refractivity contribution in [1.29, 1.82) is 5.26 Å². The normalized spacial score (nSPS) is 28.1. The number of nitriles is 1. The summed E-state index contributed by atoms with van der Waals surface area (Å²) in [5.41, 5.74) is -0.385. The molecule has 134 valence electrons. The van der Waals surface area contributed by atoms with E-state index in [0.29, 0.717) is 12.8 Å². The van der Waals surface area contributed by atoms with E-state index in [9.17, 15) is 13.9 Å². The molecule has 26 heavy (non-hydrogen) atoms. The average molecular weight is 354 g/mol. The first-order chi connectivity index (χ1) is 12.5. The Labute approximate surface area is 151 Å². The highest BCUT2D eigenvalue weighted by molar-refractivity contribution is 5.38. The first kappa shape index (κ1) is 17.1. The fourth-order valence-electron chi connectivity index (χ4n) is 4.55. The summed E-state index contributed by atoms with van der Waals surface area (Å²) in [6.45, 7) is 0.822. The molecular formula is C21H20F2N2O. The molecule has 2 aliphatic rings. The quantitative estimate of drug-likeness (QED) is 0.911. The Balaban J connectivity index is 1.59. The molecule has 0 saturated carbocycles. The van der Waals surface area contributed by atoms with Crippen LogP contribution in [0.3, 0.4) is 0 Å². The van der Waals surface area contributed by atoms with E-state index < -0.39 is 22.8 Å². The van der Waals surface area contributed by atoms with Gasteiger partial charge >= 0.3 is 0 Å². The first-order valence-electron chi connectivity index (χ1n) is 8.92. The van der Waals surface area contributed by atoms with Crippen LogP contribution in [0.25, 0.3) is 0 Å². The number of halogens is 2. The molecule has 2 atom stereocenters. The van der Waals surface area contributed by atoms with Gasteiger partial charge in [-0.25, -0.2) is 8.78 Å². The second-order valence-corrected chi connectivity index (χ2v) is 7.41. The van der Waals surface area contributed by atoms with Crippen molar-refractivity contribution in [3.8, 4) is 6.07 Å². The van der Waals surface area contributed by atoms with Gasteiger partial charge in [0.15, 0.2) is 0 Å². The first-order valence-corrected chi connectivity index (χ1v) is 8.92. The van der Waals surface area contributed by atoms with Crippen LogP contribution in [0.1, 0.15) is 42.4 Å². The summed E-state index contributed by atoms with van der Waals surface area (Å²) in [4.78, 5) is 2.40. The SMILES string of the molecule is N#Cc1c(F)cc(C2(O)CC3CCC(C2)N3Cc2ccccc2)cc1F. The number of piperidine rings is 1. The Kier molecular flexibility index (Phi) is 4.26. The molecule has 2 aliphatic heterocycles. The Morgan fingerprint density at radius 2 is 1.65 bits per heavy atom. The number of hydrogen-bond donors (Lipinski definition) is 1. The lowest BCUT2D eigenvalue weighted by Gasteiger charge is -2.44. The van der Waals surface area contributed by atoms with Crippen molar-refractivity contribution in [3.05, 3.63) is 70.8 Å². The monoisotopic (exact) mass is 354 g/mol. The molecule has 2 aromatic carbocycles. The standard InChI is InChI=1S/C21H20F2N2O/c22-19-8-15(9-20(23)18(19)12-24)21(26)10-16-6-7-17(11-21)25(16)13-14-4-2-1-3-5-14/h1-5,8-9,16-17,26H,6-7,10-11,13H2. The van der Waals surface area contributed by atoms with E-state index in [1.807, 2.05) is 18.2 Å². The van der Waals surface area contributed by atoms with Crippen LogP contribution in [0.15, 0.2) is 42.5 Å². The topological polar surface area (TPSA) is 47.3 Å². The zero-order chi connectivity index (χ0) is 18.3. The summed E-state index contributed by atoms with van der Waals surface area (Å²) >= 11 is 0. The Morgan fingerprint density at radius 1 is 1.08 bits per heavy atom. The van der Waals surface area contributed by atoms with Crippen molar-refractivity contribution in [3.63, 3.8) is 0 Å². The third-order valence-corrected chi connectivity index (χ3v) is 5.82. The summed E-state index contributed by atoms with van der Waals surface area (Å²) in [7, 11) is 0. The molecule has 5 heteroatoms. The van der Waals surface area contributed by atoms with E-state index in [1.165, 1.54) is 11.6 Å². The van der Waals surface area contributed by atoms with Crippen LogP contribution < -0.4 is 0 Å². The van der Waals surface area contributed by atoms with Gasteiger partial charge in [0.2, 0.25) is 0 Å². The number of rotatable bonds is 3. The minimum Gasteiger partial charge on any atom is -0.385 e. The minimum absolute atomic E-state index is 0.181. The maximum atomic E-state index is 14.0. The minimum atomic E-state index is -1.26. The number of fused-ring (bicyclic) bond motifs is 2. The molecule has 0 amide bonds. The predicted molar refractivity (Wildman–Crippen MR) is 93.0 cm³/mol. The van der Waals surface area contributed by atoms with Crippen LogP contribution in [-0.2, 0) is 12.1 Å². The predicted octanol–water partition coefficient (Wildman–Crippen LogP) is 3.85. The van der Waals surface area contributed by atoms with Crippen molar-refractivity contribution in [1.82, 2.24) is 4.90 Å². The second-order valence-electron chi connectivity index (χ2n) is 7.41. The Bertz CT molecular complexity index is 825. The number of nitrogens with zero attached hydrogens (tertiary/aromatic N) is 2. The summed E-state index contributed by atoms with van der Waals surface area (Å²) in [6.07, 6.45) is 2.84. The molecule has 2 fully saturated rings. The van der Waals surface area contributed by atoms with E-state index in [1.54, 1.807) is 0 Å². The summed E-state index contributed by atoms with van der Waals surface area (Å²) in [5, 5.41) is 20.0. The summed E-state index contributed by atoms with van der Waals surface area (Å²) in [5.74, 6) is -1.81. The van der Waals surface area contributed by atoms with E-state index in [2.05, 4.69) is 17.0 Å². The molecule has 2 unspecified atom stereocenters. The molecule has 0 spiro atoms. The molecule has 0 aliphatic carbocycles. The van der Waals surface area contributed by atoms with Crippen LogP contribution in [0.4, 0.5) is 8.78 Å². The third kappa shape index (κ3) is 2.90. The Hall–Kier alpha value is -2.29. The highest BCUT2D eigenvalue weighted by Gasteiger charge is 2.48. The van der Waals surface area contributed by atoms with Gasteiger partial charge in [-0.1, -0.05) is 30.3 Å². The molecule has 3 nitrogen and oxygen atoms in total. The lowest BCUT2D eigenvalue weighted by Crippen LogP contribution is -2.49. The van der Waals surface area contributed by atoms with Gasteiger partial charge in [0.05, 0.1) is 5.60 Å². The summed E-state index contributed by atoms with van der Waals surface area (Å²) < 4.78 is 28.1. The summed E-state index contributed by atoms with van der Waals surface area (Å²) in [6, 6.07) is 14.3. The van der Waals surface area contributed by atoms with Crippen molar-refractivity contribution < 1.29 is 13.9 Å². The highest BCUT2D eigenvalue weighted by Crippen LogP contribution is 2.46. The van der Waals surface area contributed by atoms with Crippen LogP contribution >= 0.6 is 0 Å². The van der Waals surface area contributed by atoms with Crippen molar-refractivity contribution in [2.45, 2.75) is 49.9 Å². The largest absolute Gasteiger partial charge is 0.385 e. The molecule has 2 bridgehead atoms. The molecule has 2 heterocycles. The van der Waals surface area contributed by atoms with Crippen molar-refractivity contribution in [2.24, 2.45) is 0 Å². The van der Waals surface area contributed by atoms with Gasteiger partial charge in [0, 0.05) is 18.6 Å². The number of benzene rings is 2. The van der Waals surface area contributed by atoms with Gasteiger partial charge in [-0.2, -0.15) is 5.26 Å². The van der Waals surface area contributed by atoms with E-state index in [4.69, 9.17) is 5.26 Å². The fourth-order valence-corrected chi connectivity index (χ4v) is 4.55. The van der Waals surface area contributed by atoms with E-state index >= 15 is 0 Å². The van der Waals surface area contributed by atoms with Gasteiger partial charge in [-0.15, -0.1) is 0 Å². The Morgan fingerprint density at radius 3 is 2.19 bits per heavy atom. The lowest BCUT2D eigenvalue weighted by atomic mass is 9.80. The van der Waals surface area contributed by atoms with Gasteiger partial charge in [-0.3, -0.25) is 4.90 Å². The molecule has 0 aromatic heterocycles. The van der Waals surface area contributed by atoms with Gasteiger partial charge in [0.25, 0.3) is 0 Å². The van der Waals surface area contributed by atoms with Gasteiger partial charge in [0.1, 0.15) is 23.3 Å². The second kappa shape index (κ2) is 6.46.